The molecule has 0 spiro atoms. The van der Waals surface area contributed by atoms with E-state index in [2.05, 4.69) is 0 Å². The highest BCUT2D eigenvalue weighted by Gasteiger charge is 2.63. The second kappa shape index (κ2) is 5.60. The van der Waals surface area contributed by atoms with Crippen molar-refractivity contribution >= 4 is 33.2 Å². The highest BCUT2D eigenvalue weighted by atomic mass is 35.5. The largest absolute Gasteiger partial charge is 0.229 e. The number of rotatable bonds is 4. The van der Waals surface area contributed by atoms with Crippen LogP contribution in [0.4, 0.5) is 0 Å². The predicted molar refractivity (Wildman–Crippen MR) is 97.9 cm³/mol. The smallest absolute Gasteiger partial charge is 0.209 e. The number of halogens is 2. The number of hydrogen-bond donors (Lipinski definition) is 1. The first-order valence-electron chi connectivity index (χ1n) is 8.61. The van der Waals surface area contributed by atoms with Crippen molar-refractivity contribution in [3.05, 3.63) is 35.9 Å². The molecule has 5 rings (SSSR count). The lowest BCUT2D eigenvalue weighted by Crippen LogP contribution is -2.61. The van der Waals surface area contributed by atoms with E-state index in [4.69, 9.17) is 28.3 Å². The molecule has 4 fully saturated rings. The van der Waals surface area contributed by atoms with E-state index < -0.39 is 14.9 Å². The maximum atomic E-state index is 11.9. The molecule has 6 heteroatoms. The zero-order valence-corrected chi connectivity index (χ0v) is 15.8. The Balaban J connectivity index is 1.76. The summed E-state index contributed by atoms with van der Waals surface area (Å²) in [5.41, 5.74) is 1.02. The maximum absolute atomic E-state index is 11.9. The number of alkyl halides is 2. The molecule has 132 valence electrons. The van der Waals surface area contributed by atoms with E-state index in [9.17, 15) is 8.42 Å². The van der Waals surface area contributed by atoms with Crippen LogP contribution in [-0.2, 0) is 10.0 Å². The van der Waals surface area contributed by atoms with Crippen LogP contribution < -0.4 is 5.14 Å². The first-order valence-corrected chi connectivity index (χ1v) is 11.1. The molecule has 4 saturated carbocycles. The highest BCUT2D eigenvalue weighted by molar-refractivity contribution is 7.89. The number of hydrogen-bond acceptors (Lipinski definition) is 2. The molecule has 0 aliphatic heterocycles. The van der Waals surface area contributed by atoms with Crippen molar-refractivity contribution < 1.29 is 8.42 Å². The SMILES string of the molecule is NS(=O)(=O)C[C@@H](c1ccccc1)[C@H]1[C@H]2C[C@H]3C[C@](Cl)(C2)C[C@@]1(Cl)C3. The quantitative estimate of drug-likeness (QED) is 0.797. The third-order valence-corrected chi connectivity index (χ3v) is 8.14. The van der Waals surface area contributed by atoms with Crippen LogP contribution in [0.15, 0.2) is 30.3 Å². The molecule has 24 heavy (non-hydrogen) atoms. The van der Waals surface area contributed by atoms with Crippen molar-refractivity contribution in [3.8, 4) is 0 Å². The van der Waals surface area contributed by atoms with Gasteiger partial charge in [0.05, 0.1) is 10.6 Å². The van der Waals surface area contributed by atoms with Gasteiger partial charge in [-0.25, -0.2) is 13.6 Å². The number of benzene rings is 1. The standard InChI is InChI=1S/C18H23Cl2NO2S/c19-17-7-12-6-14(9-17)16(18(20,8-12)11-17)15(10-24(21,22)23)13-4-2-1-3-5-13/h1-5,12,14-16H,6-11H2,(H2,21,22,23)/t12-,14-,15-,16+,17-,18-/m0/s1. The molecule has 0 radical (unpaired) electrons. The number of nitrogens with two attached hydrogens (primary N) is 1. The normalized spacial score (nSPS) is 42.2. The van der Waals surface area contributed by atoms with E-state index in [0.717, 1.165) is 37.7 Å². The minimum Gasteiger partial charge on any atom is -0.229 e. The summed E-state index contributed by atoms with van der Waals surface area (Å²) in [6.45, 7) is 0. The minimum absolute atomic E-state index is 0.0490. The van der Waals surface area contributed by atoms with Gasteiger partial charge in [-0.1, -0.05) is 30.3 Å². The van der Waals surface area contributed by atoms with Crippen molar-refractivity contribution in [2.75, 3.05) is 5.75 Å². The van der Waals surface area contributed by atoms with E-state index in [1.807, 2.05) is 30.3 Å². The lowest BCUT2D eigenvalue weighted by molar-refractivity contribution is -0.0165. The van der Waals surface area contributed by atoms with Crippen LogP contribution in [-0.4, -0.2) is 23.9 Å². The molecule has 6 atom stereocenters. The Morgan fingerprint density at radius 1 is 1.17 bits per heavy atom. The molecule has 0 aromatic heterocycles. The molecular formula is C18H23Cl2NO2S. The molecule has 0 saturated heterocycles. The fraction of sp³-hybridized carbons (Fsp3) is 0.667. The van der Waals surface area contributed by atoms with Crippen molar-refractivity contribution in [2.45, 2.75) is 47.8 Å². The topological polar surface area (TPSA) is 60.2 Å². The summed E-state index contributed by atoms with van der Waals surface area (Å²) in [5, 5.41) is 5.44. The van der Waals surface area contributed by atoms with E-state index in [1.165, 1.54) is 0 Å². The van der Waals surface area contributed by atoms with Gasteiger partial charge < -0.3 is 0 Å². The molecule has 0 amide bonds. The fourth-order valence-electron chi connectivity index (χ4n) is 6.04. The summed E-state index contributed by atoms with van der Waals surface area (Å²) in [7, 11) is -3.59. The lowest BCUT2D eigenvalue weighted by atomic mass is 9.48. The van der Waals surface area contributed by atoms with Gasteiger partial charge in [-0.3, -0.25) is 0 Å². The van der Waals surface area contributed by atoms with E-state index >= 15 is 0 Å². The Labute approximate surface area is 154 Å². The second-order valence-electron chi connectivity index (χ2n) is 8.21. The van der Waals surface area contributed by atoms with Gasteiger partial charge in [0.1, 0.15) is 0 Å². The Hall–Kier alpha value is -0.290. The van der Waals surface area contributed by atoms with Crippen molar-refractivity contribution in [1.29, 1.82) is 0 Å². The van der Waals surface area contributed by atoms with Crippen molar-refractivity contribution in [2.24, 2.45) is 22.9 Å². The summed E-state index contributed by atoms with van der Waals surface area (Å²) in [6, 6.07) is 9.84. The van der Waals surface area contributed by atoms with Crippen molar-refractivity contribution in [3.63, 3.8) is 0 Å². The molecule has 2 N–H and O–H groups in total. The first kappa shape index (κ1) is 17.1. The van der Waals surface area contributed by atoms with Gasteiger partial charge in [0.25, 0.3) is 0 Å². The zero-order valence-electron chi connectivity index (χ0n) is 13.5. The van der Waals surface area contributed by atoms with Crippen LogP contribution in [0.25, 0.3) is 0 Å². The Kier molecular flexibility index (Phi) is 4.00. The molecule has 4 aliphatic rings. The lowest BCUT2D eigenvalue weighted by Gasteiger charge is -2.63. The highest BCUT2D eigenvalue weighted by Crippen LogP contribution is 2.67. The summed E-state index contributed by atoms with van der Waals surface area (Å²) in [4.78, 5) is -0.593. The second-order valence-corrected chi connectivity index (χ2v) is 11.4. The summed E-state index contributed by atoms with van der Waals surface area (Å²) < 4.78 is 23.9. The number of primary sulfonamides is 1. The third-order valence-electron chi connectivity index (χ3n) is 6.34. The van der Waals surface area contributed by atoms with Gasteiger partial charge in [-0.05, 0) is 55.4 Å². The Morgan fingerprint density at radius 2 is 1.88 bits per heavy atom. The maximum Gasteiger partial charge on any atom is 0.209 e. The van der Waals surface area contributed by atoms with Crippen LogP contribution in [0.1, 0.15) is 43.6 Å². The van der Waals surface area contributed by atoms with Gasteiger partial charge >= 0.3 is 0 Å². The minimum atomic E-state index is -3.59. The van der Waals surface area contributed by atoms with E-state index in [-0.39, 0.29) is 22.5 Å². The number of sulfonamides is 1. The molecule has 0 unspecified atom stereocenters. The van der Waals surface area contributed by atoms with Gasteiger partial charge in [0.15, 0.2) is 0 Å². The summed E-state index contributed by atoms with van der Waals surface area (Å²) in [6.07, 6.45) is 4.82. The van der Waals surface area contributed by atoms with Crippen LogP contribution >= 0.6 is 23.2 Å². The molecule has 3 nitrogen and oxygen atoms in total. The van der Waals surface area contributed by atoms with Gasteiger partial charge in [0.2, 0.25) is 10.0 Å². The predicted octanol–water partition coefficient (Wildman–Crippen LogP) is 3.85. The van der Waals surface area contributed by atoms with Crippen molar-refractivity contribution in [1.82, 2.24) is 0 Å². The Bertz CT molecular complexity index is 741. The van der Waals surface area contributed by atoms with Crippen LogP contribution in [0, 0.1) is 17.8 Å². The molecule has 4 bridgehead atoms. The summed E-state index contributed by atoms with van der Waals surface area (Å²) in [5.74, 6) is 0.863. The molecule has 1 aromatic carbocycles. The van der Waals surface area contributed by atoms with Crippen LogP contribution in [0.5, 0.6) is 0 Å². The van der Waals surface area contributed by atoms with Crippen LogP contribution in [0.3, 0.4) is 0 Å². The average Bonchev–Trinajstić information content (AvgIpc) is 2.42. The third kappa shape index (κ3) is 3.00. The van der Waals surface area contributed by atoms with Gasteiger partial charge in [-0.2, -0.15) is 0 Å². The van der Waals surface area contributed by atoms with Crippen LogP contribution in [0.2, 0.25) is 0 Å². The van der Waals surface area contributed by atoms with E-state index in [1.54, 1.807) is 0 Å². The van der Waals surface area contributed by atoms with Gasteiger partial charge in [-0.15, -0.1) is 23.2 Å². The monoisotopic (exact) mass is 387 g/mol. The Morgan fingerprint density at radius 3 is 2.46 bits per heavy atom. The first-order chi connectivity index (χ1) is 11.2. The molecule has 4 aliphatic carbocycles. The molecular weight excluding hydrogens is 365 g/mol. The zero-order chi connectivity index (χ0) is 17.2. The van der Waals surface area contributed by atoms with E-state index in [0.29, 0.717) is 11.8 Å². The molecule has 1 aromatic rings. The van der Waals surface area contributed by atoms with Gasteiger partial charge in [0, 0.05) is 10.8 Å². The molecule has 0 heterocycles. The fourth-order valence-corrected chi connectivity index (χ4v) is 8.47. The average molecular weight is 388 g/mol. The summed E-state index contributed by atoms with van der Waals surface area (Å²) >= 11 is 14.0.